The molecular formula is C14H21Li2P. The van der Waals surface area contributed by atoms with Crippen molar-refractivity contribution in [1.29, 1.82) is 0 Å². The van der Waals surface area contributed by atoms with Crippen LogP contribution in [0.4, 0.5) is 0 Å². The minimum Gasteiger partial charge on any atom is -1.45 e. The Morgan fingerprint density at radius 2 is 1.29 bits per heavy atom. The van der Waals surface area contributed by atoms with E-state index in [1.165, 1.54) is 11.1 Å². The minimum absolute atomic E-state index is 0. The average molecular weight is 234 g/mol. The molecule has 1 aromatic carbocycles. The quantitative estimate of drug-likeness (QED) is 0.372. The Hall–Kier alpha value is 0.845. The summed E-state index contributed by atoms with van der Waals surface area (Å²) in [4.78, 5) is 0. The van der Waals surface area contributed by atoms with Gasteiger partial charge in [-0.3, -0.25) is 0 Å². The SMILES string of the molecule is CC(C)(C)c1cccc([P-2])c1C(C)(C)C.[Li+].[Li+]. The van der Waals surface area contributed by atoms with Crippen molar-refractivity contribution in [3.05, 3.63) is 29.3 Å². The fourth-order valence-electron chi connectivity index (χ4n) is 1.95. The smallest absolute Gasteiger partial charge is 1.00 e. The third-order valence-electron chi connectivity index (χ3n) is 2.60. The van der Waals surface area contributed by atoms with Crippen molar-refractivity contribution in [2.45, 2.75) is 52.4 Å². The first-order chi connectivity index (χ1) is 6.64. The van der Waals surface area contributed by atoms with Crippen molar-refractivity contribution >= 4 is 14.5 Å². The molecule has 0 aromatic heterocycles. The zero-order valence-electron chi connectivity index (χ0n) is 12.7. The van der Waals surface area contributed by atoms with Gasteiger partial charge in [0.15, 0.2) is 0 Å². The van der Waals surface area contributed by atoms with E-state index in [0.29, 0.717) is 0 Å². The van der Waals surface area contributed by atoms with Gasteiger partial charge in [-0.05, 0) is 16.4 Å². The molecule has 0 fully saturated rings. The fourth-order valence-corrected chi connectivity index (χ4v) is 2.50. The maximum absolute atomic E-state index is 4.59. The molecule has 1 aromatic rings. The molecule has 17 heavy (non-hydrogen) atoms. The number of benzene rings is 1. The molecule has 0 bridgehead atoms. The van der Waals surface area contributed by atoms with Crippen molar-refractivity contribution in [3.63, 3.8) is 0 Å². The average Bonchev–Trinajstić information content (AvgIpc) is 1.99. The summed E-state index contributed by atoms with van der Waals surface area (Å²) in [6.07, 6.45) is 0. The predicted molar refractivity (Wildman–Crippen MR) is 70.4 cm³/mol. The van der Waals surface area contributed by atoms with Gasteiger partial charge in [0.1, 0.15) is 0 Å². The number of rotatable bonds is 0. The second kappa shape index (κ2) is 6.85. The van der Waals surface area contributed by atoms with Crippen molar-refractivity contribution in [2.75, 3.05) is 0 Å². The summed E-state index contributed by atoms with van der Waals surface area (Å²) in [5.74, 6) is 0. The molecule has 0 atom stereocenters. The van der Waals surface area contributed by atoms with Crippen LogP contribution >= 0.6 is 9.24 Å². The predicted octanol–water partition coefficient (Wildman–Crippen LogP) is -1.67. The Bertz CT molecular complexity index is 359. The van der Waals surface area contributed by atoms with E-state index < -0.39 is 0 Å². The molecule has 0 aliphatic rings. The van der Waals surface area contributed by atoms with Crippen LogP contribution in [0, 0.1) is 0 Å². The molecule has 1 rings (SSSR count). The standard InChI is InChI=1S/C14H21P.2Li/c1-13(2,3)10-8-7-9-11(15)12(10)14(4,5)6;;/h7-9H,1-6H3;;/q-2;2*+1. The molecule has 0 amide bonds. The van der Waals surface area contributed by atoms with E-state index >= 15 is 0 Å². The molecule has 0 saturated carbocycles. The Morgan fingerprint density at radius 1 is 0.824 bits per heavy atom. The largest absolute Gasteiger partial charge is 1.45 e. The van der Waals surface area contributed by atoms with Gasteiger partial charge in [-0.15, -0.1) is 6.07 Å². The second-order valence-corrected chi connectivity index (χ2v) is 6.68. The Kier molecular flexibility index (Phi) is 8.13. The van der Waals surface area contributed by atoms with Gasteiger partial charge in [0.2, 0.25) is 0 Å². The van der Waals surface area contributed by atoms with Gasteiger partial charge >= 0.3 is 37.7 Å². The number of hydrogen-bond acceptors (Lipinski definition) is 0. The van der Waals surface area contributed by atoms with Crippen molar-refractivity contribution in [3.8, 4) is 0 Å². The molecule has 3 heteroatoms. The molecule has 0 unspecified atom stereocenters. The Balaban J connectivity index is 0. The van der Waals surface area contributed by atoms with E-state index in [1.807, 2.05) is 0 Å². The van der Waals surface area contributed by atoms with Gasteiger partial charge in [0.05, 0.1) is 0 Å². The van der Waals surface area contributed by atoms with Crippen LogP contribution in [0.25, 0.3) is 0 Å². The molecule has 0 heterocycles. The van der Waals surface area contributed by atoms with E-state index in [4.69, 9.17) is 0 Å². The fraction of sp³-hybridized carbons (Fsp3) is 0.571. The zero-order chi connectivity index (χ0) is 11.9. The Morgan fingerprint density at radius 3 is 1.59 bits per heavy atom. The monoisotopic (exact) mass is 234 g/mol. The molecule has 0 aliphatic carbocycles. The Labute approximate surface area is 133 Å². The van der Waals surface area contributed by atoms with Gasteiger partial charge in [0.25, 0.3) is 0 Å². The third-order valence-corrected chi connectivity index (χ3v) is 2.97. The van der Waals surface area contributed by atoms with Gasteiger partial charge in [0, 0.05) is 0 Å². The van der Waals surface area contributed by atoms with Crippen LogP contribution in [0.2, 0.25) is 0 Å². The van der Waals surface area contributed by atoms with Gasteiger partial charge in [-0.25, -0.2) is 0 Å². The van der Waals surface area contributed by atoms with Crippen LogP contribution in [0.1, 0.15) is 52.7 Å². The summed E-state index contributed by atoms with van der Waals surface area (Å²) in [7, 11) is 4.59. The van der Waals surface area contributed by atoms with E-state index in [-0.39, 0.29) is 48.6 Å². The minimum atomic E-state index is 0. The maximum Gasteiger partial charge on any atom is 1.00 e. The van der Waals surface area contributed by atoms with E-state index in [1.54, 1.807) is 0 Å². The number of hydrogen-bond donors (Lipinski definition) is 0. The van der Waals surface area contributed by atoms with E-state index in [2.05, 4.69) is 69.0 Å². The van der Waals surface area contributed by atoms with Crippen LogP contribution in [-0.4, -0.2) is 0 Å². The molecule has 84 valence electrons. The van der Waals surface area contributed by atoms with Crippen LogP contribution in [-0.2, 0) is 10.8 Å². The molecule has 0 spiro atoms. The second-order valence-electron chi connectivity index (χ2n) is 6.20. The van der Waals surface area contributed by atoms with Crippen LogP contribution in [0.3, 0.4) is 0 Å². The summed E-state index contributed by atoms with van der Waals surface area (Å²) in [6, 6.07) is 6.40. The summed E-state index contributed by atoms with van der Waals surface area (Å²) in [5, 5.41) is 1.11. The van der Waals surface area contributed by atoms with Crippen molar-refractivity contribution in [2.24, 2.45) is 0 Å². The van der Waals surface area contributed by atoms with Gasteiger partial charge in [-0.1, -0.05) is 59.2 Å². The maximum atomic E-state index is 4.59. The first-order valence-electron chi connectivity index (χ1n) is 5.47. The van der Waals surface area contributed by atoms with E-state index in [0.717, 1.165) is 5.30 Å². The van der Waals surface area contributed by atoms with Crippen LogP contribution in [0.5, 0.6) is 0 Å². The van der Waals surface area contributed by atoms with Gasteiger partial charge in [-0.2, -0.15) is 0 Å². The summed E-state index contributed by atoms with van der Waals surface area (Å²) in [5.41, 5.74) is 3.12. The van der Waals surface area contributed by atoms with Crippen LogP contribution < -0.4 is 43.0 Å². The summed E-state index contributed by atoms with van der Waals surface area (Å²) >= 11 is 0. The first kappa shape index (κ1) is 20.2. The molecule has 0 saturated heterocycles. The zero-order valence-corrected chi connectivity index (χ0v) is 13.6. The normalized spacial score (nSPS) is 11.5. The molecule has 0 nitrogen and oxygen atoms in total. The molecular weight excluding hydrogens is 213 g/mol. The first-order valence-corrected chi connectivity index (χ1v) is 5.91. The summed E-state index contributed by atoms with van der Waals surface area (Å²) in [6.45, 7) is 13.5. The summed E-state index contributed by atoms with van der Waals surface area (Å²) < 4.78 is 0. The van der Waals surface area contributed by atoms with Crippen LogP contribution in [0.15, 0.2) is 18.2 Å². The molecule has 0 N–H and O–H groups in total. The molecule has 0 radical (unpaired) electrons. The third kappa shape index (κ3) is 5.15. The van der Waals surface area contributed by atoms with Crippen molar-refractivity contribution in [1.82, 2.24) is 0 Å². The van der Waals surface area contributed by atoms with Crippen molar-refractivity contribution < 1.29 is 37.7 Å². The molecule has 0 aliphatic heterocycles. The van der Waals surface area contributed by atoms with E-state index in [9.17, 15) is 0 Å². The topological polar surface area (TPSA) is 0 Å². The van der Waals surface area contributed by atoms with Gasteiger partial charge < -0.3 is 14.5 Å².